The minimum atomic E-state index is -5.92. The van der Waals surface area contributed by atoms with Crippen LogP contribution in [0, 0.1) is 5.41 Å². The molecule has 3 aliphatic rings. The van der Waals surface area contributed by atoms with Gasteiger partial charge in [0.25, 0.3) is 15.6 Å². The summed E-state index contributed by atoms with van der Waals surface area (Å²) in [5.41, 5.74) is 4.61. The number of anilines is 1. The fourth-order valence-electron chi connectivity index (χ4n) is 5.40. The zero-order valence-corrected chi connectivity index (χ0v) is 33.2. The Kier molecular flexibility index (Phi) is 14.3. The maximum atomic E-state index is 12.5. The number of nitrogens with two attached hydrogens (primary N) is 1. The number of aliphatic hydroxyl groups excluding tert-OH is 2. The summed E-state index contributed by atoms with van der Waals surface area (Å²) in [5, 5.41) is 26.1. The maximum Gasteiger partial charge on any atom is 0.274 e. The molecule has 6 N–H and O–H groups in total. The van der Waals surface area contributed by atoms with Gasteiger partial charge >= 0.3 is 0 Å². The lowest BCUT2D eigenvalue weighted by Crippen LogP contribution is -2.46. The lowest BCUT2D eigenvalue weighted by molar-refractivity contribution is -0.347. The van der Waals surface area contributed by atoms with Crippen LogP contribution >= 0.6 is 35.2 Å². The molecule has 9 atom stereocenters. The summed E-state index contributed by atoms with van der Waals surface area (Å²) in [5.74, 6) is -1.29. The molecule has 57 heavy (non-hydrogen) atoms. The number of hydrogen-bond donors (Lipinski definition) is 5. The number of aromatic nitrogens is 4. The third kappa shape index (κ3) is 12.0. The van der Waals surface area contributed by atoms with Gasteiger partial charge in [-0.3, -0.25) is 28.1 Å². The Hall–Kier alpha value is -3.00. The Morgan fingerprint density at radius 3 is 2.51 bits per heavy atom. The van der Waals surface area contributed by atoms with Crippen molar-refractivity contribution in [2.45, 2.75) is 63.1 Å². The van der Waals surface area contributed by atoms with Crippen molar-refractivity contribution in [2.24, 2.45) is 5.41 Å². The number of nitrogens with zero attached hydrogens (tertiary/aromatic N) is 4. The van der Waals surface area contributed by atoms with Gasteiger partial charge in [-0.1, -0.05) is 43.8 Å². The van der Waals surface area contributed by atoms with E-state index < -0.39 is 84.6 Å². The molecule has 2 aromatic heterocycles. The van der Waals surface area contributed by atoms with Crippen molar-refractivity contribution < 1.29 is 85.2 Å². The van der Waals surface area contributed by atoms with Gasteiger partial charge in [0, 0.05) is 36.3 Å². The number of rotatable bonds is 20. The fraction of sp³-hybridized carbons (Fsp3) is 0.571. The molecule has 2 saturated heterocycles. The second-order valence-electron chi connectivity index (χ2n) is 13.1. The van der Waals surface area contributed by atoms with E-state index in [1.54, 1.807) is 12.2 Å². The highest BCUT2D eigenvalue weighted by Gasteiger charge is 2.48. The van der Waals surface area contributed by atoms with Crippen LogP contribution in [0.1, 0.15) is 26.5 Å². The van der Waals surface area contributed by atoms with Crippen LogP contribution in [0.4, 0.5) is 5.82 Å². The van der Waals surface area contributed by atoms with Gasteiger partial charge in [-0.05, 0) is 0 Å². The van der Waals surface area contributed by atoms with Crippen LogP contribution in [0.3, 0.4) is 0 Å². The third-order valence-corrected chi connectivity index (χ3v) is 12.3. The molecule has 25 nitrogen and oxygen atoms in total. The highest BCUT2D eigenvalue weighted by Crippen LogP contribution is 2.56. The van der Waals surface area contributed by atoms with Gasteiger partial charge < -0.3 is 73.8 Å². The molecular weight excluding hydrogens is 847 g/mol. The second-order valence-corrected chi connectivity index (χ2v) is 18.3. The number of imidazole rings is 1. The lowest BCUT2D eigenvalue weighted by Gasteiger charge is -2.36. The van der Waals surface area contributed by atoms with E-state index >= 15 is 0 Å². The number of aliphatic hydroxyl groups is 2. The first-order valence-electron chi connectivity index (χ1n) is 16.6. The topological polar surface area (TPSA) is 387 Å². The minimum Gasteiger partial charge on any atom is -0.790 e. The van der Waals surface area contributed by atoms with Gasteiger partial charge in [-0.25, -0.2) is 19.3 Å². The number of nitrogens with one attached hydrogen (secondary N) is 2. The van der Waals surface area contributed by atoms with Crippen molar-refractivity contribution >= 4 is 69.1 Å². The number of carbonyl (C=O) groups is 3. The van der Waals surface area contributed by atoms with E-state index in [9.17, 15) is 57.9 Å². The minimum absolute atomic E-state index is 0.0233. The Balaban J connectivity index is 1.05. The number of phosphoric ester groups is 3. The molecule has 2 aliphatic heterocycles. The highest BCUT2D eigenvalue weighted by atomic mass is 32.2. The molecule has 0 spiro atoms. The molecule has 0 radical (unpaired) electrons. The Morgan fingerprint density at radius 2 is 1.79 bits per heavy atom. The van der Waals surface area contributed by atoms with Crippen molar-refractivity contribution in [3.05, 3.63) is 36.5 Å². The predicted octanol–water partition coefficient (Wildman–Crippen LogP) is -3.60. The molecule has 29 heteroatoms. The largest absolute Gasteiger partial charge is 0.790 e. The quantitative estimate of drug-likeness (QED) is 0.0487. The summed E-state index contributed by atoms with van der Waals surface area (Å²) in [4.78, 5) is 96.5. The van der Waals surface area contributed by atoms with E-state index in [1.165, 1.54) is 13.8 Å². The first-order chi connectivity index (χ1) is 26.6. The standard InChI is InChI=1S/C28H40N7O18P3S/c1-28(2,22(38)25(39)31-7-6-17(36)30-8-9-57-27(40)14-4-3-5-15-20(14)50-15)11-49-56(46,47)53-55(44,45)48-10-16-21(52-54(41,42)43)19(37)26(51-16)35-13-34-18-23(29)32-12-33-24(18)35/h3-5,12-13,15-16,19-22,26,37-38H,6-11H2,1-2H3,(H,30,36)(H,31,39)(H,44,45)(H,46,47)(H2,29,32,33)(H2,41,42,43)/p-4/t15?,16-,19-,20?,21-,22+,26-/m1/s1. The summed E-state index contributed by atoms with van der Waals surface area (Å²) in [7, 11) is -17.6. The second kappa shape index (κ2) is 18.1. The van der Waals surface area contributed by atoms with Crippen molar-refractivity contribution in [3.63, 3.8) is 0 Å². The van der Waals surface area contributed by atoms with E-state index in [4.69, 9.17) is 15.2 Å². The first kappa shape index (κ1) is 45.1. The molecule has 4 heterocycles. The first-order valence-corrected chi connectivity index (χ1v) is 22.0. The van der Waals surface area contributed by atoms with Crippen molar-refractivity contribution in [1.29, 1.82) is 0 Å². The van der Waals surface area contributed by atoms with Crippen LogP contribution in [-0.2, 0) is 55.4 Å². The number of ether oxygens (including phenoxy) is 2. The molecular formula is C28H36N7O18P3S-4. The van der Waals surface area contributed by atoms with Crippen molar-refractivity contribution in [2.75, 3.05) is 37.8 Å². The van der Waals surface area contributed by atoms with E-state index in [-0.39, 0.29) is 59.6 Å². The smallest absolute Gasteiger partial charge is 0.274 e. The molecule has 2 fully saturated rings. The average Bonchev–Trinajstić information content (AvgIpc) is 3.71. The van der Waals surface area contributed by atoms with Crippen LogP contribution in [0.15, 0.2) is 36.5 Å². The van der Waals surface area contributed by atoms with Crippen molar-refractivity contribution in [3.8, 4) is 0 Å². The Labute approximate surface area is 326 Å². The molecule has 4 unspecified atom stereocenters. The Bertz CT molecular complexity index is 2050. The zero-order valence-electron chi connectivity index (χ0n) is 29.7. The summed E-state index contributed by atoms with van der Waals surface area (Å²) < 4.78 is 65.9. The predicted molar refractivity (Wildman–Crippen MR) is 184 cm³/mol. The number of fused-ring (bicyclic) bond motifs is 2. The van der Waals surface area contributed by atoms with Gasteiger partial charge in [0.05, 0.1) is 27.4 Å². The zero-order chi connectivity index (χ0) is 41.9. The van der Waals surface area contributed by atoms with Crippen molar-refractivity contribution in [1.82, 2.24) is 30.2 Å². The number of carbonyl (C=O) groups excluding carboxylic acids is 3. The molecule has 0 bridgehead atoms. The van der Waals surface area contributed by atoms with Crippen LogP contribution < -0.4 is 35.9 Å². The van der Waals surface area contributed by atoms with E-state index in [0.29, 0.717) is 5.57 Å². The number of allylic oxidation sites excluding steroid dienone is 2. The summed E-state index contributed by atoms with van der Waals surface area (Å²) in [6, 6.07) is 0. The van der Waals surface area contributed by atoms with Gasteiger partial charge in [0.2, 0.25) is 16.9 Å². The van der Waals surface area contributed by atoms with Crippen LogP contribution in [0.25, 0.3) is 11.2 Å². The van der Waals surface area contributed by atoms with Gasteiger partial charge in [0.15, 0.2) is 17.7 Å². The molecule has 316 valence electrons. The molecule has 2 amide bonds. The third-order valence-electron chi connectivity index (χ3n) is 8.35. The molecule has 0 saturated carbocycles. The number of thioether (sulfide) groups is 1. The van der Waals surface area contributed by atoms with E-state index in [1.807, 2.05) is 6.08 Å². The number of hydrogen-bond acceptors (Lipinski definition) is 23. The monoisotopic (exact) mass is 883 g/mol. The normalized spacial score (nSPS) is 25.9. The molecule has 5 rings (SSSR count). The van der Waals surface area contributed by atoms with Gasteiger partial charge in [-0.15, -0.1) is 0 Å². The van der Waals surface area contributed by atoms with E-state index in [0.717, 1.165) is 29.0 Å². The maximum absolute atomic E-state index is 12.5. The van der Waals surface area contributed by atoms with Crippen LogP contribution in [0.5, 0.6) is 0 Å². The molecule has 0 aromatic carbocycles. The van der Waals surface area contributed by atoms with Crippen LogP contribution in [-0.4, -0.2) is 115 Å². The van der Waals surface area contributed by atoms with Gasteiger partial charge in [0.1, 0.15) is 48.5 Å². The molecule has 2 aromatic rings. The highest BCUT2D eigenvalue weighted by molar-refractivity contribution is 8.14. The Morgan fingerprint density at radius 1 is 1.07 bits per heavy atom. The summed E-state index contributed by atoms with van der Waals surface area (Å²) in [6.07, 6.45) is -2.65. The van der Waals surface area contributed by atoms with Crippen LogP contribution in [0.2, 0.25) is 0 Å². The van der Waals surface area contributed by atoms with E-state index in [2.05, 4.69) is 43.5 Å². The number of phosphoric acid groups is 3. The lowest BCUT2D eigenvalue weighted by atomic mass is 9.87. The summed E-state index contributed by atoms with van der Waals surface area (Å²) in [6.45, 7) is 0.0316. The fourth-order valence-corrected chi connectivity index (χ4v) is 8.88. The number of epoxide rings is 1. The number of amides is 2. The summed E-state index contributed by atoms with van der Waals surface area (Å²) >= 11 is 1.01. The SMILES string of the molecule is CC(C)(COP(=O)([O-])OP(=O)([O-])OC[C@H]1O[C@@H](n2cnc3c(N)ncnc32)[C@H](O)[C@@H]1OP(=O)([O-])[O-])[C@@H](O)C(=O)NCCC(=O)NCCSC(=O)C1=CC=CC2OC12. The average molecular weight is 884 g/mol. The molecule has 1 aliphatic carbocycles. The number of nitrogen functional groups attached to an aromatic ring is 1. The van der Waals surface area contributed by atoms with Gasteiger partial charge in [-0.2, -0.15) is 0 Å².